The van der Waals surface area contributed by atoms with Crippen molar-refractivity contribution in [2.75, 3.05) is 12.8 Å². The van der Waals surface area contributed by atoms with Gasteiger partial charge < -0.3 is 9.88 Å². The Morgan fingerprint density at radius 3 is 2.76 bits per heavy atom. The number of benzene rings is 2. The summed E-state index contributed by atoms with van der Waals surface area (Å²) in [7, 11) is 0. The van der Waals surface area contributed by atoms with E-state index in [2.05, 4.69) is 9.97 Å². The molecular formula is C24H21F3N4OS2. The Bertz CT molecular complexity index is 1380. The molecule has 4 aromatic rings. The molecule has 0 bridgehead atoms. The number of carbonyl (C=O) groups excluding carboxylic acids is 1. The van der Waals surface area contributed by atoms with Crippen LogP contribution in [-0.2, 0) is 6.18 Å². The minimum Gasteiger partial charge on any atom is -0.340 e. The van der Waals surface area contributed by atoms with Crippen molar-refractivity contribution >= 4 is 40.0 Å². The summed E-state index contributed by atoms with van der Waals surface area (Å²) in [5.74, 6) is 0.430. The molecule has 10 heteroatoms. The zero-order valence-corrected chi connectivity index (χ0v) is 20.1. The number of aromatic nitrogens is 3. The number of hydrogen-bond donors (Lipinski definition) is 1. The quantitative estimate of drug-likeness (QED) is 0.315. The van der Waals surface area contributed by atoms with E-state index in [4.69, 9.17) is 4.98 Å². The number of thioether (sulfide) groups is 1. The largest absolute Gasteiger partial charge is 0.416 e. The molecule has 1 N–H and O–H groups in total. The summed E-state index contributed by atoms with van der Waals surface area (Å²) in [5.41, 5.74) is 1.57. The molecule has 0 spiro atoms. The van der Waals surface area contributed by atoms with E-state index < -0.39 is 11.7 Å². The van der Waals surface area contributed by atoms with Crippen molar-refractivity contribution in [1.82, 2.24) is 19.9 Å². The van der Waals surface area contributed by atoms with Crippen LogP contribution in [0.1, 0.15) is 45.8 Å². The number of halogens is 3. The first-order chi connectivity index (χ1) is 16.3. The third kappa shape index (κ3) is 4.09. The minimum atomic E-state index is -4.46. The molecule has 0 radical (unpaired) electrons. The summed E-state index contributed by atoms with van der Waals surface area (Å²) >= 11 is 2.84. The van der Waals surface area contributed by atoms with Gasteiger partial charge in [0.05, 0.1) is 27.0 Å². The van der Waals surface area contributed by atoms with E-state index >= 15 is 0 Å². The van der Waals surface area contributed by atoms with Gasteiger partial charge in [0.2, 0.25) is 0 Å². The molecule has 1 unspecified atom stereocenters. The molecular weight excluding hydrogens is 481 g/mol. The molecule has 2 aromatic carbocycles. The van der Waals surface area contributed by atoms with Crippen LogP contribution in [0.25, 0.3) is 21.5 Å². The van der Waals surface area contributed by atoms with Crippen LogP contribution in [0.3, 0.4) is 0 Å². The maximum Gasteiger partial charge on any atom is 0.416 e. The predicted octanol–water partition coefficient (Wildman–Crippen LogP) is 6.71. The van der Waals surface area contributed by atoms with Gasteiger partial charge in [0, 0.05) is 11.4 Å². The molecule has 176 valence electrons. The first kappa shape index (κ1) is 22.9. The second-order valence-corrected chi connectivity index (χ2v) is 10.2. The van der Waals surface area contributed by atoms with E-state index in [9.17, 15) is 18.0 Å². The number of nitrogens with one attached hydrogen (secondary N) is 1. The second kappa shape index (κ2) is 8.74. The summed E-state index contributed by atoms with van der Waals surface area (Å²) in [6.07, 6.45) is -0.904. The highest BCUT2D eigenvalue weighted by Crippen LogP contribution is 2.39. The molecule has 0 saturated carbocycles. The van der Waals surface area contributed by atoms with Crippen LogP contribution in [-0.4, -0.2) is 38.6 Å². The fourth-order valence-corrected chi connectivity index (χ4v) is 5.85. The number of hydrogen-bond acceptors (Lipinski definition) is 5. The van der Waals surface area contributed by atoms with Crippen molar-refractivity contribution in [2.45, 2.75) is 36.9 Å². The summed E-state index contributed by atoms with van der Waals surface area (Å²) in [4.78, 5) is 29.5. The third-order valence-electron chi connectivity index (χ3n) is 5.93. The van der Waals surface area contributed by atoms with Gasteiger partial charge in [0.25, 0.3) is 5.91 Å². The standard InChI is InChI=1S/C24H21F3N4OS2/c1-13-28-20(21(34-13)14-6-3-7-15(12-14)24(25,26)27)23(32)31-11-5-9-17(31)22-29-16-8-4-10-18(33-2)19(16)30-22/h3-4,6-8,10,12,17H,5,9,11H2,1-2H3,(H,29,30). The van der Waals surface area contributed by atoms with Crippen molar-refractivity contribution in [3.8, 4) is 10.4 Å². The summed E-state index contributed by atoms with van der Waals surface area (Å²) in [5, 5.41) is 0.625. The topological polar surface area (TPSA) is 61.9 Å². The van der Waals surface area contributed by atoms with Crippen molar-refractivity contribution in [1.29, 1.82) is 0 Å². The fourth-order valence-electron chi connectivity index (χ4n) is 4.38. The van der Waals surface area contributed by atoms with E-state index in [-0.39, 0.29) is 17.6 Å². The maximum absolute atomic E-state index is 13.7. The van der Waals surface area contributed by atoms with Gasteiger partial charge in [0.15, 0.2) is 0 Å². The number of aryl methyl sites for hydroxylation is 1. The van der Waals surface area contributed by atoms with Gasteiger partial charge in [-0.05, 0) is 55.9 Å². The zero-order chi connectivity index (χ0) is 24.0. The lowest BCUT2D eigenvalue weighted by Gasteiger charge is -2.23. The Hall–Kier alpha value is -2.85. The van der Waals surface area contributed by atoms with Crippen LogP contribution in [0.4, 0.5) is 13.2 Å². The van der Waals surface area contributed by atoms with Gasteiger partial charge in [-0.2, -0.15) is 13.2 Å². The van der Waals surface area contributed by atoms with Crippen LogP contribution in [0, 0.1) is 6.92 Å². The lowest BCUT2D eigenvalue weighted by Crippen LogP contribution is -2.31. The molecule has 1 saturated heterocycles. The van der Waals surface area contributed by atoms with Gasteiger partial charge in [-0.3, -0.25) is 4.79 Å². The van der Waals surface area contributed by atoms with Crippen molar-refractivity contribution < 1.29 is 18.0 Å². The van der Waals surface area contributed by atoms with Crippen molar-refractivity contribution in [2.24, 2.45) is 0 Å². The van der Waals surface area contributed by atoms with E-state index in [1.54, 1.807) is 29.7 Å². The average molecular weight is 503 g/mol. The minimum absolute atomic E-state index is 0.189. The number of H-pyrrole nitrogens is 1. The number of para-hydroxylation sites is 1. The third-order valence-corrected chi connectivity index (χ3v) is 7.72. The number of rotatable bonds is 4. The number of nitrogens with zero attached hydrogens (tertiary/aromatic N) is 3. The van der Waals surface area contributed by atoms with E-state index in [1.165, 1.54) is 17.4 Å². The summed E-state index contributed by atoms with van der Waals surface area (Å²) in [6.45, 7) is 2.29. The molecule has 1 aliphatic heterocycles. The number of alkyl halides is 3. The number of likely N-dealkylation sites (tertiary alicyclic amines) is 1. The van der Waals surface area contributed by atoms with Crippen LogP contribution < -0.4 is 0 Å². The highest BCUT2D eigenvalue weighted by molar-refractivity contribution is 7.98. The Labute approximate surface area is 202 Å². The van der Waals surface area contributed by atoms with Crippen molar-refractivity contribution in [3.05, 3.63) is 64.6 Å². The van der Waals surface area contributed by atoms with Crippen LogP contribution in [0.5, 0.6) is 0 Å². The number of thiazole rings is 1. The van der Waals surface area contributed by atoms with E-state index in [1.807, 2.05) is 24.5 Å². The first-order valence-electron chi connectivity index (χ1n) is 10.7. The summed E-state index contributed by atoms with van der Waals surface area (Å²) in [6, 6.07) is 10.7. The average Bonchev–Trinajstić information content (AvgIpc) is 3.55. The number of imidazole rings is 1. The van der Waals surface area contributed by atoms with Gasteiger partial charge >= 0.3 is 6.18 Å². The Morgan fingerprint density at radius 1 is 1.21 bits per heavy atom. The Morgan fingerprint density at radius 2 is 2.00 bits per heavy atom. The first-order valence-corrected chi connectivity index (χ1v) is 12.8. The SMILES string of the molecule is CSc1cccc2[nH]c(C3CCCN3C(=O)c3nc(C)sc3-c3cccc(C(F)(F)F)c3)nc12. The van der Waals surface area contributed by atoms with Gasteiger partial charge in [0.1, 0.15) is 17.0 Å². The number of fused-ring (bicyclic) bond motifs is 1. The molecule has 3 heterocycles. The number of carbonyl (C=O) groups is 1. The van der Waals surface area contributed by atoms with Crippen LogP contribution in [0.15, 0.2) is 47.4 Å². The van der Waals surface area contributed by atoms with Gasteiger partial charge in [-0.15, -0.1) is 23.1 Å². The van der Waals surface area contributed by atoms with E-state index in [0.29, 0.717) is 22.0 Å². The number of aromatic amines is 1. The summed E-state index contributed by atoms with van der Waals surface area (Å²) < 4.78 is 39.8. The van der Waals surface area contributed by atoms with Gasteiger partial charge in [-0.25, -0.2) is 9.97 Å². The molecule has 1 fully saturated rings. The Balaban J connectivity index is 1.51. The zero-order valence-electron chi connectivity index (χ0n) is 18.4. The maximum atomic E-state index is 13.7. The smallest absolute Gasteiger partial charge is 0.340 e. The molecule has 2 aromatic heterocycles. The predicted molar refractivity (Wildman–Crippen MR) is 128 cm³/mol. The lowest BCUT2D eigenvalue weighted by atomic mass is 10.1. The molecule has 1 atom stereocenters. The highest BCUT2D eigenvalue weighted by Gasteiger charge is 2.36. The van der Waals surface area contributed by atoms with Crippen molar-refractivity contribution in [3.63, 3.8) is 0 Å². The van der Waals surface area contributed by atoms with Crippen LogP contribution in [0.2, 0.25) is 0 Å². The molecule has 1 amide bonds. The lowest BCUT2D eigenvalue weighted by molar-refractivity contribution is -0.137. The normalized spacial score (nSPS) is 16.5. The Kier molecular flexibility index (Phi) is 5.89. The molecule has 5 rings (SSSR count). The molecule has 1 aliphatic rings. The monoisotopic (exact) mass is 502 g/mol. The molecule has 0 aliphatic carbocycles. The fraction of sp³-hybridized carbons (Fsp3) is 0.292. The number of amides is 1. The molecule has 5 nitrogen and oxygen atoms in total. The molecule has 34 heavy (non-hydrogen) atoms. The van der Waals surface area contributed by atoms with Gasteiger partial charge in [-0.1, -0.05) is 18.2 Å². The second-order valence-electron chi connectivity index (χ2n) is 8.12. The highest BCUT2D eigenvalue weighted by atomic mass is 32.2. The van der Waals surface area contributed by atoms with Crippen LogP contribution >= 0.6 is 23.1 Å². The van der Waals surface area contributed by atoms with E-state index in [0.717, 1.165) is 46.7 Å².